The van der Waals surface area contributed by atoms with E-state index in [9.17, 15) is 4.79 Å². The number of fused-ring (bicyclic) bond motifs is 1. The first-order chi connectivity index (χ1) is 10.2. The number of nitrogens with two attached hydrogens (primary N) is 1. The van der Waals surface area contributed by atoms with Gasteiger partial charge < -0.3 is 15.4 Å². The first kappa shape index (κ1) is 13.5. The smallest absolute Gasteiger partial charge is 0.258 e. The molecule has 4 nitrogen and oxygen atoms in total. The van der Waals surface area contributed by atoms with Crippen LogP contribution in [0.4, 0.5) is 11.4 Å². The van der Waals surface area contributed by atoms with Crippen LogP contribution < -0.4 is 15.4 Å². The van der Waals surface area contributed by atoms with Crippen LogP contribution in [0.1, 0.15) is 22.3 Å². The summed E-state index contributed by atoms with van der Waals surface area (Å²) >= 11 is 0. The fraction of sp³-hybridized carbons (Fsp3) is 0.235. The number of hydrogen-bond donors (Lipinski definition) is 1. The van der Waals surface area contributed by atoms with Crippen LogP contribution in [0.3, 0.4) is 0 Å². The zero-order chi connectivity index (χ0) is 14.8. The van der Waals surface area contributed by atoms with E-state index in [0.29, 0.717) is 24.4 Å². The Kier molecular flexibility index (Phi) is 3.52. The van der Waals surface area contributed by atoms with Crippen LogP contribution in [0.25, 0.3) is 0 Å². The Hall–Kier alpha value is -2.49. The number of nitrogen functional groups attached to an aromatic ring is 1. The van der Waals surface area contributed by atoms with E-state index in [-0.39, 0.29) is 5.91 Å². The molecule has 0 aromatic heterocycles. The fourth-order valence-corrected chi connectivity index (χ4v) is 2.47. The van der Waals surface area contributed by atoms with Crippen molar-refractivity contribution in [2.24, 2.45) is 0 Å². The van der Waals surface area contributed by atoms with Crippen molar-refractivity contribution >= 4 is 17.3 Å². The molecule has 3 rings (SSSR count). The van der Waals surface area contributed by atoms with Crippen LogP contribution in [0, 0.1) is 6.92 Å². The van der Waals surface area contributed by atoms with E-state index in [4.69, 9.17) is 10.5 Å². The number of para-hydroxylation sites is 2. The second-order valence-corrected chi connectivity index (χ2v) is 5.20. The Balaban J connectivity index is 1.99. The van der Waals surface area contributed by atoms with Gasteiger partial charge in [0.05, 0.1) is 12.3 Å². The predicted molar refractivity (Wildman–Crippen MR) is 83.8 cm³/mol. The Bertz CT molecular complexity index is 682. The molecule has 1 aliphatic rings. The molecule has 0 aliphatic carbocycles. The molecule has 1 amide bonds. The Labute approximate surface area is 124 Å². The highest BCUT2D eigenvalue weighted by molar-refractivity contribution is 6.07. The van der Waals surface area contributed by atoms with Crippen molar-refractivity contribution in [2.45, 2.75) is 13.3 Å². The van der Waals surface area contributed by atoms with Crippen molar-refractivity contribution in [3.63, 3.8) is 0 Å². The van der Waals surface area contributed by atoms with Crippen LogP contribution in [0.15, 0.2) is 42.5 Å². The molecule has 0 spiro atoms. The van der Waals surface area contributed by atoms with Crippen molar-refractivity contribution in [3.8, 4) is 5.75 Å². The summed E-state index contributed by atoms with van der Waals surface area (Å²) in [5, 5.41) is 0. The van der Waals surface area contributed by atoms with Gasteiger partial charge in [0.1, 0.15) is 5.75 Å². The van der Waals surface area contributed by atoms with Crippen LogP contribution in [0.5, 0.6) is 5.75 Å². The van der Waals surface area contributed by atoms with E-state index >= 15 is 0 Å². The van der Waals surface area contributed by atoms with Crippen molar-refractivity contribution < 1.29 is 9.53 Å². The number of nitrogens with zero attached hydrogens (tertiary/aromatic N) is 1. The van der Waals surface area contributed by atoms with Crippen molar-refractivity contribution in [1.82, 2.24) is 0 Å². The zero-order valence-electron chi connectivity index (χ0n) is 12.0. The summed E-state index contributed by atoms with van der Waals surface area (Å²) in [6.45, 7) is 3.19. The number of ether oxygens (including phenoxy) is 1. The lowest BCUT2D eigenvalue weighted by molar-refractivity contribution is 0.0987. The molecule has 21 heavy (non-hydrogen) atoms. The summed E-state index contributed by atoms with van der Waals surface area (Å²) in [7, 11) is 0. The number of amides is 1. The summed E-state index contributed by atoms with van der Waals surface area (Å²) in [4.78, 5) is 14.6. The van der Waals surface area contributed by atoms with Crippen LogP contribution in [-0.2, 0) is 0 Å². The average Bonchev–Trinajstić information content (AvgIpc) is 2.71. The van der Waals surface area contributed by atoms with Gasteiger partial charge in [-0.1, -0.05) is 18.2 Å². The predicted octanol–water partition coefficient (Wildman–Crippen LogP) is 3.01. The summed E-state index contributed by atoms with van der Waals surface area (Å²) in [5.74, 6) is 0.711. The van der Waals surface area contributed by atoms with Gasteiger partial charge in [0.2, 0.25) is 0 Å². The molecule has 0 atom stereocenters. The van der Waals surface area contributed by atoms with Crippen molar-refractivity contribution in [1.29, 1.82) is 0 Å². The fourth-order valence-electron chi connectivity index (χ4n) is 2.47. The summed E-state index contributed by atoms with van der Waals surface area (Å²) in [6, 6.07) is 13.1. The summed E-state index contributed by atoms with van der Waals surface area (Å²) < 4.78 is 5.69. The molecule has 0 saturated heterocycles. The minimum Gasteiger partial charge on any atom is -0.491 e. The Morgan fingerprint density at radius 2 is 2.05 bits per heavy atom. The van der Waals surface area contributed by atoms with Gasteiger partial charge in [0, 0.05) is 17.8 Å². The minimum absolute atomic E-state index is 0.0420. The van der Waals surface area contributed by atoms with Crippen LogP contribution in [0.2, 0.25) is 0 Å². The number of aryl methyl sites for hydroxylation is 1. The van der Waals surface area contributed by atoms with E-state index in [0.717, 1.165) is 23.4 Å². The average molecular weight is 282 g/mol. The lowest BCUT2D eigenvalue weighted by Crippen LogP contribution is -2.31. The molecule has 2 aromatic carbocycles. The first-order valence-electron chi connectivity index (χ1n) is 7.06. The topological polar surface area (TPSA) is 55.6 Å². The monoisotopic (exact) mass is 282 g/mol. The molecule has 0 fully saturated rings. The van der Waals surface area contributed by atoms with Gasteiger partial charge in [0.25, 0.3) is 5.91 Å². The number of rotatable bonds is 1. The zero-order valence-corrected chi connectivity index (χ0v) is 12.0. The van der Waals surface area contributed by atoms with Gasteiger partial charge in [-0.25, -0.2) is 0 Å². The van der Waals surface area contributed by atoms with Gasteiger partial charge in [-0.2, -0.15) is 0 Å². The highest BCUT2D eigenvalue weighted by Crippen LogP contribution is 2.31. The molecule has 0 unspecified atom stereocenters. The summed E-state index contributed by atoms with van der Waals surface area (Å²) in [6.07, 6.45) is 0.807. The van der Waals surface area contributed by atoms with Crippen molar-refractivity contribution in [2.75, 3.05) is 23.8 Å². The molecule has 108 valence electrons. The van der Waals surface area contributed by atoms with Gasteiger partial charge in [-0.05, 0) is 43.2 Å². The van der Waals surface area contributed by atoms with Gasteiger partial charge in [-0.3, -0.25) is 4.79 Å². The molecule has 2 N–H and O–H groups in total. The molecule has 0 bridgehead atoms. The number of hydrogen-bond acceptors (Lipinski definition) is 3. The van der Waals surface area contributed by atoms with Crippen LogP contribution >= 0.6 is 0 Å². The SMILES string of the molecule is Cc1ccc(C(=O)N2CCCOc3ccccc32)cc1N. The normalized spacial score (nSPS) is 14.0. The lowest BCUT2D eigenvalue weighted by Gasteiger charge is -2.22. The molecular weight excluding hydrogens is 264 g/mol. The van der Waals surface area contributed by atoms with Gasteiger partial charge in [0.15, 0.2) is 0 Å². The largest absolute Gasteiger partial charge is 0.491 e. The van der Waals surface area contributed by atoms with E-state index in [2.05, 4.69) is 0 Å². The van der Waals surface area contributed by atoms with E-state index in [1.54, 1.807) is 11.0 Å². The van der Waals surface area contributed by atoms with E-state index in [1.165, 1.54) is 0 Å². The second kappa shape index (κ2) is 5.48. The minimum atomic E-state index is -0.0420. The molecule has 0 saturated carbocycles. The lowest BCUT2D eigenvalue weighted by atomic mass is 10.1. The van der Waals surface area contributed by atoms with E-state index < -0.39 is 0 Å². The Morgan fingerprint density at radius 3 is 2.86 bits per heavy atom. The van der Waals surface area contributed by atoms with Crippen LogP contribution in [-0.4, -0.2) is 19.1 Å². The molecule has 4 heteroatoms. The highest BCUT2D eigenvalue weighted by Gasteiger charge is 2.23. The maximum absolute atomic E-state index is 12.8. The quantitative estimate of drug-likeness (QED) is 0.818. The van der Waals surface area contributed by atoms with Gasteiger partial charge >= 0.3 is 0 Å². The highest BCUT2D eigenvalue weighted by atomic mass is 16.5. The third-order valence-corrected chi connectivity index (χ3v) is 3.71. The number of carbonyl (C=O) groups excluding carboxylic acids is 1. The second-order valence-electron chi connectivity index (χ2n) is 5.20. The van der Waals surface area contributed by atoms with Crippen molar-refractivity contribution in [3.05, 3.63) is 53.6 Å². The third-order valence-electron chi connectivity index (χ3n) is 3.71. The van der Waals surface area contributed by atoms with Gasteiger partial charge in [-0.15, -0.1) is 0 Å². The number of benzene rings is 2. The first-order valence-corrected chi connectivity index (χ1v) is 7.06. The molecule has 1 heterocycles. The molecular formula is C17H18N2O2. The standard InChI is InChI=1S/C17H18N2O2/c1-12-7-8-13(11-14(12)18)17(20)19-9-4-10-21-16-6-3-2-5-15(16)19/h2-3,5-8,11H,4,9-10,18H2,1H3. The summed E-state index contributed by atoms with van der Waals surface area (Å²) in [5.41, 5.74) is 8.96. The molecule has 1 aliphatic heterocycles. The maximum Gasteiger partial charge on any atom is 0.258 e. The maximum atomic E-state index is 12.8. The third kappa shape index (κ3) is 2.57. The van der Waals surface area contributed by atoms with E-state index in [1.807, 2.05) is 43.3 Å². The number of carbonyl (C=O) groups is 1. The Morgan fingerprint density at radius 1 is 1.24 bits per heavy atom. The molecule has 0 radical (unpaired) electrons. The molecule has 2 aromatic rings. The number of anilines is 2.